The molecule has 4 heteroatoms. The third-order valence-corrected chi connectivity index (χ3v) is 0. The number of rotatable bonds is 0. The molecule has 5 heavy (non-hydrogen) atoms. The maximum absolute atomic E-state index is 7.13. The third kappa shape index (κ3) is 635. The summed E-state index contributed by atoms with van der Waals surface area (Å²) >= 11 is 3.70. The van der Waals surface area contributed by atoms with Gasteiger partial charge in [-0.15, -0.1) is 0 Å². The number of nitrogens with zero attached hydrogens (tertiary/aromatic N) is 1. The van der Waals surface area contributed by atoms with Crippen LogP contribution in [0.2, 0.25) is 0 Å². The predicted octanol–water partition coefficient (Wildman–Crippen LogP) is 0.729. The van der Waals surface area contributed by atoms with E-state index in [-0.39, 0.29) is 22.9 Å². The van der Waals surface area contributed by atoms with E-state index in [2.05, 4.69) is 12.6 Å². The Morgan fingerprint density at radius 1 is 1.60 bits per heavy atom. The van der Waals surface area contributed by atoms with Gasteiger partial charge in [0.1, 0.15) is 0 Å². The number of nitriles is 1. The first-order valence-corrected chi connectivity index (χ1v) is 0.836. The molecular weight excluding hydrogens is 131 g/mol. The van der Waals surface area contributed by atoms with Crippen LogP contribution in [0.1, 0.15) is 0 Å². The van der Waals surface area contributed by atoms with Crippen molar-refractivity contribution < 1.29 is 16.8 Å². The van der Waals surface area contributed by atoms with Crippen molar-refractivity contribution in [3.63, 3.8) is 0 Å². The molecule has 0 saturated carbocycles. The molecule has 0 aliphatic carbocycles. The van der Waals surface area contributed by atoms with E-state index >= 15 is 0 Å². The van der Waals surface area contributed by atoms with Crippen LogP contribution in [0.4, 0.5) is 0 Å². The van der Waals surface area contributed by atoms with Crippen LogP contribution in [0.3, 0.4) is 0 Å². The summed E-state index contributed by atoms with van der Waals surface area (Å²) in [5.74, 6) is 0. The van der Waals surface area contributed by atoms with Crippen LogP contribution in [0.5, 0.6) is 0 Å². The van der Waals surface area contributed by atoms with Crippen LogP contribution in [0, 0.1) is 10.7 Å². The average Bonchev–Trinajstić information content (AvgIpc) is 0.918. The van der Waals surface area contributed by atoms with E-state index in [1.54, 1.807) is 0 Å². The Bertz CT molecular complexity index is 31.1. The topological polar surface area (TPSA) is 57.3 Å². The molecule has 0 aliphatic rings. The van der Waals surface area contributed by atoms with Gasteiger partial charge < -0.3 is 18.8 Å². The molecule has 0 spiro atoms. The van der Waals surface area contributed by atoms with Crippen molar-refractivity contribution in [3.8, 4) is 5.40 Å². The van der Waals surface area contributed by atoms with Gasteiger partial charge in [0.15, 0.2) is 0 Å². The van der Waals surface area contributed by atoms with Crippen LogP contribution in [-0.4, -0.2) is 0 Å². The molecule has 0 saturated heterocycles. The fraction of sp³-hybridized carbons (Fsp3) is 0. The monoisotopic (exact) mass is 133 g/mol. The van der Waals surface area contributed by atoms with Gasteiger partial charge in [0.05, 0.1) is 0 Å². The molecule has 0 aromatic heterocycles. The summed E-state index contributed by atoms with van der Waals surface area (Å²) < 4.78 is 0. The predicted molar refractivity (Wildman–Crippen MR) is 18.3 cm³/mol. The van der Waals surface area contributed by atoms with Gasteiger partial charge in [0.25, 0.3) is 0 Å². The quantitative estimate of drug-likeness (QED) is 0.361. The number of thiocyanates is 1. The van der Waals surface area contributed by atoms with E-state index < -0.39 is 0 Å². The molecule has 0 aromatic rings. The van der Waals surface area contributed by atoms with E-state index in [4.69, 9.17) is 5.26 Å². The fourth-order valence-electron chi connectivity index (χ4n) is 0. The van der Waals surface area contributed by atoms with Crippen LogP contribution in [-0.2, 0) is 29.4 Å². The Kier molecular flexibility index (Phi) is 116. The van der Waals surface area contributed by atoms with Crippen molar-refractivity contribution in [2.24, 2.45) is 0 Å². The van der Waals surface area contributed by atoms with Crippen molar-refractivity contribution in [3.05, 3.63) is 6.15 Å². The molecule has 2 N–H and O–H groups in total. The van der Waals surface area contributed by atoms with E-state index in [0.717, 1.165) is 0 Å². The molecular formula is CH2CoN2S. The molecule has 0 amide bonds. The first kappa shape index (κ1) is 19.1. The van der Waals surface area contributed by atoms with Gasteiger partial charge in [-0.1, -0.05) is 5.40 Å². The summed E-state index contributed by atoms with van der Waals surface area (Å²) in [5, 5.41) is 8.47. The Hall–Kier alpha value is 0.176. The first-order valence-electron chi connectivity index (χ1n) is 0.428. The van der Waals surface area contributed by atoms with Gasteiger partial charge in [-0.05, 0) is 0 Å². The summed E-state index contributed by atoms with van der Waals surface area (Å²) in [4.78, 5) is 0. The standard InChI is InChI=1S/CHNS.Co.H2N/c2-1-3;;/h3H;;1H2/q;+2;-1/p-1. The summed E-state index contributed by atoms with van der Waals surface area (Å²) in [6, 6.07) is 0. The van der Waals surface area contributed by atoms with Crippen LogP contribution < -0.4 is 0 Å². The second-order valence-electron chi connectivity index (χ2n) is 0.0913. The molecule has 0 aromatic carbocycles. The zero-order chi connectivity index (χ0) is 2.71. The van der Waals surface area contributed by atoms with Crippen molar-refractivity contribution in [1.29, 1.82) is 5.26 Å². The van der Waals surface area contributed by atoms with E-state index in [1.165, 1.54) is 5.40 Å². The van der Waals surface area contributed by atoms with Crippen molar-refractivity contribution in [2.45, 2.75) is 0 Å². The smallest absolute Gasteiger partial charge is 0.696 e. The Morgan fingerprint density at radius 3 is 1.60 bits per heavy atom. The minimum atomic E-state index is 0. The molecule has 0 unspecified atom stereocenters. The molecule has 2 nitrogen and oxygen atoms in total. The molecule has 0 aliphatic heterocycles. The largest absolute Gasteiger partial charge is 2.00 e. The Morgan fingerprint density at radius 2 is 1.60 bits per heavy atom. The summed E-state index contributed by atoms with van der Waals surface area (Å²) in [7, 11) is 0. The second-order valence-corrected chi connectivity index (χ2v) is 0.274. The summed E-state index contributed by atoms with van der Waals surface area (Å²) in [6.07, 6.45) is 0. The number of hydrogen-bond donors (Lipinski definition) is 0. The molecule has 0 fully saturated rings. The average molecular weight is 133 g/mol. The van der Waals surface area contributed by atoms with Gasteiger partial charge in [-0.25, -0.2) is 5.26 Å². The normalized spacial score (nSPS) is 1.40. The minimum absolute atomic E-state index is 0. The number of nitrogens with two attached hydrogens (primary N) is 1. The van der Waals surface area contributed by atoms with Gasteiger partial charge in [-0.2, -0.15) is 0 Å². The Balaban J connectivity index is -0.0000000200. The fourth-order valence-corrected chi connectivity index (χ4v) is 0. The number of hydrogen-bond acceptors (Lipinski definition) is 2. The summed E-state index contributed by atoms with van der Waals surface area (Å²) in [5.41, 5.74) is 0. The van der Waals surface area contributed by atoms with Crippen LogP contribution in [0.15, 0.2) is 0 Å². The second kappa shape index (κ2) is 30.4. The first-order chi connectivity index (χ1) is 1.41. The van der Waals surface area contributed by atoms with E-state index in [1.807, 2.05) is 0 Å². The molecule has 31 valence electrons. The summed E-state index contributed by atoms with van der Waals surface area (Å²) in [6.45, 7) is 0. The minimum Gasteiger partial charge on any atom is -0.696 e. The van der Waals surface area contributed by atoms with E-state index in [9.17, 15) is 0 Å². The zero-order valence-corrected chi connectivity index (χ0v) is 4.12. The van der Waals surface area contributed by atoms with Crippen molar-refractivity contribution >= 4 is 12.6 Å². The molecule has 0 rings (SSSR count). The van der Waals surface area contributed by atoms with E-state index in [0.29, 0.717) is 0 Å². The van der Waals surface area contributed by atoms with Crippen molar-refractivity contribution in [1.82, 2.24) is 0 Å². The molecule has 1 radical (unpaired) electrons. The third-order valence-electron chi connectivity index (χ3n) is 0. The SMILES string of the molecule is N#C[S-].[Co+2].[NH2-]. The molecule has 0 heterocycles. The maximum atomic E-state index is 7.13. The van der Waals surface area contributed by atoms with Gasteiger partial charge in [-0.3, -0.25) is 0 Å². The molecule has 0 bridgehead atoms. The maximum Gasteiger partial charge on any atom is 2.00 e. The van der Waals surface area contributed by atoms with Crippen molar-refractivity contribution in [2.75, 3.05) is 0 Å². The zero-order valence-electron chi connectivity index (χ0n) is 2.27. The molecule has 0 atom stereocenters. The van der Waals surface area contributed by atoms with Gasteiger partial charge >= 0.3 is 16.8 Å². The van der Waals surface area contributed by atoms with Crippen LogP contribution >= 0.6 is 0 Å². The Labute approximate surface area is 46.7 Å². The van der Waals surface area contributed by atoms with Gasteiger partial charge in [0.2, 0.25) is 0 Å². The van der Waals surface area contributed by atoms with Crippen LogP contribution in [0.25, 0.3) is 6.15 Å². The van der Waals surface area contributed by atoms with Gasteiger partial charge in [0, 0.05) is 0 Å².